The Morgan fingerprint density at radius 3 is 2.40 bits per heavy atom. The average Bonchev–Trinajstić information content (AvgIpc) is 2.48. The highest BCUT2D eigenvalue weighted by Crippen LogP contribution is 2.23. The quantitative estimate of drug-likeness (QED) is 0.873. The minimum atomic E-state index is 0.100. The number of benzene rings is 2. The average molecular weight is 289 g/mol. The van der Waals surface area contributed by atoms with Crippen LogP contribution in [0.1, 0.15) is 35.7 Å². The Hall–Kier alpha value is -1.35. The highest BCUT2D eigenvalue weighted by Gasteiger charge is 2.14. The van der Waals surface area contributed by atoms with Crippen LogP contribution in [0.2, 0.25) is 5.02 Å². The lowest BCUT2D eigenvalue weighted by molar-refractivity contribution is 0.473. The molecule has 0 saturated carbocycles. The van der Waals surface area contributed by atoms with Gasteiger partial charge in [-0.05, 0) is 36.6 Å². The zero-order chi connectivity index (χ0) is 14.5. The highest BCUT2D eigenvalue weighted by atomic mass is 35.5. The summed E-state index contributed by atoms with van der Waals surface area (Å²) in [6.45, 7) is 4.69. The number of hydrogen-bond donors (Lipinski definition) is 2. The largest absolute Gasteiger partial charge is 0.329 e. The van der Waals surface area contributed by atoms with Crippen LogP contribution in [0.5, 0.6) is 0 Å². The van der Waals surface area contributed by atoms with Crippen LogP contribution in [0, 0.1) is 6.92 Å². The van der Waals surface area contributed by atoms with Gasteiger partial charge in [0.2, 0.25) is 0 Å². The molecule has 20 heavy (non-hydrogen) atoms. The van der Waals surface area contributed by atoms with Crippen molar-refractivity contribution >= 4 is 11.6 Å². The first kappa shape index (κ1) is 15.0. The highest BCUT2D eigenvalue weighted by molar-refractivity contribution is 6.31. The van der Waals surface area contributed by atoms with Gasteiger partial charge in [-0.1, -0.05) is 54.1 Å². The normalized spacial score (nSPS) is 14.0. The lowest BCUT2D eigenvalue weighted by Gasteiger charge is -2.23. The van der Waals surface area contributed by atoms with Gasteiger partial charge in [0.05, 0.1) is 0 Å². The van der Waals surface area contributed by atoms with Crippen LogP contribution in [-0.2, 0) is 0 Å². The first-order chi connectivity index (χ1) is 9.61. The Kier molecular flexibility index (Phi) is 5.18. The third-order valence-corrected chi connectivity index (χ3v) is 3.99. The summed E-state index contributed by atoms with van der Waals surface area (Å²) in [4.78, 5) is 0. The Balaban J connectivity index is 2.14. The summed E-state index contributed by atoms with van der Waals surface area (Å²) in [5.41, 5.74) is 9.38. The molecule has 0 fully saturated rings. The van der Waals surface area contributed by atoms with E-state index in [2.05, 4.69) is 30.4 Å². The maximum atomic E-state index is 6.20. The molecular weight excluding hydrogens is 268 g/mol. The number of nitrogens with one attached hydrogen (secondary N) is 1. The molecule has 0 aliphatic rings. The smallest absolute Gasteiger partial charge is 0.0449 e. The van der Waals surface area contributed by atoms with Gasteiger partial charge in [0, 0.05) is 23.7 Å². The molecule has 106 valence electrons. The fourth-order valence-electron chi connectivity index (χ4n) is 2.27. The molecule has 2 atom stereocenters. The van der Waals surface area contributed by atoms with Crippen molar-refractivity contribution in [2.24, 2.45) is 5.73 Å². The molecule has 2 aromatic rings. The second kappa shape index (κ2) is 6.89. The number of rotatable bonds is 5. The second-order valence-electron chi connectivity index (χ2n) is 5.10. The van der Waals surface area contributed by atoms with Crippen LogP contribution in [0.25, 0.3) is 0 Å². The van der Waals surface area contributed by atoms with Crippen LogP contribution in [0.15, 0.2) is 48.5 Å². The second-order valence-corrected chi connectivity index (χ2v) is 5.50. The van der Waals surface area contributed by atoms with Gasteiger partial charge in [0.25, 0.3) is 0 Å². The SMILES string of the molecule is Cc1ccc(C(CN)NC(C)c2ccccc2)cc1Cl. The van der Waals surface area contributed by atoms with Gasteiger partial charge in [-0.25, -0.2) is 0 Å². The molecule has 0 amide bonds. The predicted octanol–water partition coefficient (Wildman–Crippen LogP) is 4.00. The van der Waals surface area contributed by atoms with Crippen LogP contribution in [0.4, 0.5) is 0 Å². The molecule has 2 unspecified atom stereocenters. The lowest BCUT2D eigenvalue weighted by atomic mass is 10.0. The Bertz CT molecular complexity index is 554. The van der Waals surface area contributed by atoms with E-state index in [1.165, 1.54) is 5.56 Å². The molecule has 0 saturated heterocycles. The molecule has 0 bridgehead atoms. The summed E-state index contributed by atoms with van der Waals surface area (Å²) in [6.07, 6.45) is 0. The first-order valence-electron chi connectivity index (χ1n) is 6.89. The molecule has 0 radical (unpaired) electrons. The van der Waals surface area contributed by atoms with E-state index >= 15 is 0 Å². The fourth-order valence-corrected chi connectivity index (χ4v) is 2.45. The fraction of sp³-hybridized carbons (Fsp3) is 0.294. The van der Waals surface area contributed by atoms with E-state index in [9.17, 15) is 0 Å². The number of nitrogens with two attached hydrogens (primary N) is 1. The molecule has 3 N–H and O–H groups in total. The molecule has 0 aliphatic heterocycles. The maximum Gasteiger partial charge on any atom is 0.0449 e. The van der Waals surface area contributed by atoms with E-state index in [0.717, 1.165) is 16.1 Å². The van der Waals surface area contributed by atoms with E-state index in [1.54, 1.807) is 0 Å². The van der Waals surface area contributed by atoms with Crippen molar-refractivity contribution < 1.29 is 0 Å². The Labute approximate surface area is 126 Å². The number of halogens is 1. The van der Waals surface area contributed by atoms with Gasteiger partial charge in [0.1, 0.15) is 0 Å². The molecule has 2 aromatic carbocycles. The van der Waals surface area contributed by atoms with Crippen molar-refractivity contribution in [2.75, 3.05) is 6.54 Å². The number of aryl methyl sites for hydroxylation is 1. The molecule has 2 nitrogen and oxygen atoms in total. The molecule has 0 spiro atoms. The van der Waals surface area contributed by atoms with Crippen molar-refractivity contribution in [1.29, 1.82) is 0 Å². The van der Waals surface area contributed by atoms with E-state index in [0.29, 0.717) is 6.54 Å². The zero-order valence-electron chi connectivity index (χ0n) is 11.9. The van der Waals surface area contributed by atoms with Crippen molar-refractivity contribution in [2.45, 2.75) is 25.9 Å². The van der Waals surface area contributed by atoms with Crippen LogP contribution in [-0.4, -0.2) is 6.54 Å². The van der Waals surface area contributed by atoms with E-state index in [4.69, 9.17) is 17.3 Å². The molecular formula is C17H21ClN2. The van der Waals surface area contributed by atoms with E-state index < -0.39 is 0 Å². The molecule has 3 heteroatoms. The Morgan fingerprint density at radius 2 is 1.80 bits per heavy atom. The van der Waals surface area contributed by atoms with Gasteiger partial charge in [0.15, 0.2) is 0 Å². The minimum Gasteiger partial charge on any atom is -0.329 e. The summed E-state index contributed by atoms with van der Waals surface area (Å²) < 4.78 is 0. The van der Waals surface area contributed by atoms with Crippen LogP contribution >= 0.6 is 11.6 Å². The van der Waals surface area contributed by atoms with E-state index in [-0.39, 0.29) is 12.1 Å². The lowest BCUT2D eigenvalue weighted by Crippen LogP contribution is -2.30. The van der Waals surface area contributed by atoms with Gasteiger partial charge in [-0.2, -0.15) is 0 Å². The van der Waals surface area contributed by atoms with Gasteiger partial charge >= 0.3 is 0 Å². The van der Waals surface area contributed by atoms with Crippen molar-refractivity contribution in [1.82, 2.24) is 5.32 Å². The monoisotopic (exact) mass is 288 g/mol. The predicted molar refractivity (Wildman–Crippen MR) is 86.0 cm³/mol. The summed E-state index contributed by atoms with van der Waals surface area (Å²) >= 11 is 6.20. The maximum absolute atomic E-state index is 6.20. The summed E-state index contributed by atoms with van der Waals surface area (Å²) in [5, 5.41) is 4.35. The van der Waals surface area contributed by atoms with Gasteiger partial charge in [-0.3, -0.25) is 0 Å². The summed E-state index contributed by atoms with van der Waals surface area (Å²) in [5.74, 6) is 0. The zero-order valence-corrected chi connectivity index (χ0v) is 12.7. The molecule has 0 aromatic heterocycles. The molecule has 2 rings (SSSR count). The summed E-state index contributed by atoms with van der Waals surface area (Å²) in [6, 6.07) is 16.8. The number of hydrogen-bond acceptors (Lipinski definition) is 2. The first-order valence-corrected chi connectivity index (χ1v) is 7.26. The molecule has 0 heterocycles. The van der Waals surface area contributed by atoms with Crippen LogP contribution < -0.4 is 11.1 Å². The minimum absolute atomic E-state index is 0.100. The third-order valence-electron chi connectivity index (χ3n) is 3.58. The van der Waals surface area contributed by atoms with Crippen molar-refractivity contribution in [3.63, 3.8) is 0 Å². The third kappa shape index (κ3) is 3.60. The van der Waals surface area contributed by atoms with Crippen molar-refractivity contribution in [3.8, 4) is 0 Å². The Morgan fingerprint density at radius 1 is 1.10 bits per heavy atom. The van der Waals surface area contributed by atoms with Gasteiger partial charge in [-0.15, -0.1) is 0 Å². The summed E-state index contributed by atoms with van der Waals surface area (Å²) in [7, 11) is 0. The standard InChI is InChI=1S/C17H21ClN2/c1-12-8-9-15(10-16(12)18)17(11-19)20-13(2)14-6-4-3-5-7-14/h3-10,13,17,20H,11,19H2,1-2H3. The van der Waals surface area contributed by atoms with E-state index in [1.807, 2.05) is 37.3 Å². The van der Waals surface area contributed by atoms with Crippen molar-refractivity contribution in [3.05, 3.63) is 70.2 Å². The molecule has 0 aliphatic carbocycles. The topological polar surface area (TPSA) is 38.0 Å². The van der Waals surface area contributed by atoms with Crippen LogP contribution in [0.3, 0.4) is 0 Å². The van der Waals surface area contributed by atoms with Gasteiger partial charge < -0.3 is 11.1 Å².